The molecule has 2 saturated heterocycles. The first-order valence-electron chi connectivity index (χ1n) is 8.13. The van der Waals surface area contributed by atoms with Gasteiger partial charge >= 0.3 is 0 Å². The first-order chi connectivity index (χ1) is 10.0. The Kier molecular flexibility index (Phi) is 4.14. The molecule has 2 fully saturated rings. The molecule has 0 N–H and O–H groups in total. The fourth-order valence-corrected chi connectivity index (χ4v) is 3.86. The molecular weight excluding hydrogens is 260 g/mol. The van der Waals surface area contributed by atoms with Crippen LogP contribution in [0.5, 0.6) is 0 Å². The average Bonchev–Trinajstić information content (AvgIpc) is 2.86. The number of aryl methyl sites for hydroxylation is 2. The van der Waals surface area contributed by atoms with E-state index >= 15 is 0 Å². The number of fused-ring (bicyclic) bond motifs is 1. The largest absolute Gasteiger partial charge is 0.298 e. The monoisotopic (exact) mass is 286 g/mol. The van der Waals surface area contributed by atoms with E-state index in [0.717, 1.165) is 24.2 Å². The molecule has 0 amide bonds. The van der Waals surface area contributed by atoms with Crippen LogP contribution in [0.3, 0.4) is 0 Å². The van der Waals surface area contributed by atoms with Crippen molar-refractivity contribution in [1.82, 2.24) is 9.80 Å². The smallest absolute Gasteiger partial charge is 0.177 e. The van der Waals surface area contributed by atoms with Crippen molar-refractivity contribution in [2.45, 2.75) is 45.7 Å². The quantitative estimate of drug-likeness (QED) is 0.798. The van der Waals surface area contributed by atoms with Crippen LogP contribution in [0.4, 0.5) is 0 Å². The molecule has 21 heavy (non-hydrogen) atoms. The highest BCUT2D eigenvalue weighted by molar-refractivity contribution is 5.99. The molecule has 0 saturated carbocycles. The molecule has 2 unspecified atom stereocenters. The van der Waals surface area contributed by atoms with E-state index in [4.69, 9.17) is 0 Å². The summed E-state index contributed by atoms with van der Waals surface area (Å²) in [5, 5.41) is 0. The van der Waals surface area contributed by atoms with Crippen LogP contribution in [-0.4, -0.2) is 53.8 Å². The van der Waals surface area contributed by atoms with Gasteiger partial charge in [-0.2, -0.15) is 0 Å². The second-order valence-corrected chi connectivity index (χ2v) is 6.81. The van der Waals surface area contributed by atoms with E-state index in [1.54, 1.807) is 0 Å². The fourth-order valence-electron chi connectivity index (χ4n) is 3.86. The molecule has 1 aromatic rings. The summed E-state index contributed by atoms with van der Waals surface area (Å²) in [6.45, 7) is 10.3. The lowest BCUT2D eigenvalue weighted by molar-refractivity contribution is 0.0535. The number of carbonyl (C=O) groups excluding carboxylic acids is 1. The normalized spacial score (nSPS) is 26.8. The summed E-state index contributed by atoms with van der Waals surface area (Å²) in [5.74, 6) is 0.269. The van der Waals surface area contributed by atoms with Crippen LogP contribution in [0.1, 0.15) is 41.3 Å². The Morgan fingerprint density at radius 3 is 2.86 bits per heavy atom. The number of carbonyl (C=O) groups is 1. The van der Waals surface area contributed by atoms with Gasteiger partial charge in [-0.3, -0.25) is 14.6 Å². The van der Waals surface area contributed by atoms with Crippen LogP contribution in [0, 0.1) is 13.8 Å². The SMILES string of the molecule is Cc1ccc(C(=O)CN2CC3CCCN3CC2C)c(C)c1. The van der Waals surface area contributed by atoms with Gasteiger partial charge < -0.3 is 0 Å². The number of ketones is 1. The van der Waals surface area contributed by atoms with Gasteiger partial charge in [-0.15, -0.1) is 0 Å². The minimum absolute atomic E-state index is 0.269. The van der Waals surface area contributed by atoms with Crippen molar-refractivity contribution in [2.75, 3.05) is 26.2 Å². The summed E-state index contributed by atoms with van der Waals surface area (Å²) in [4.78, 5) is 17.6. The van der Waals surface area contributed by atoms with E-state index in [1.165, 1.54) is 24.9 Å². The van der Waals surface area contributed by atoms with Crippen LogP contribution < -0.4 is 0 Å². The minimum Gasteiger partial charge on any atom is -0.298 e. The molecule has 0 spiro atoms. The van der Waals surface area contributed by atoms with E-state index in [2.05, 4.69) is 29.7 Å². The first kappa shape index (κ1) is 14.7. The maximum Gasteiger partial charge on any atom is 0.177 e. The Balaban J connectivity index is 1.69. The predicted octanol–water partition coefficient (Wildman–Crippen LogP) is 2.65. The molecule has 3 rings (SSSR count). The Morgan fingerprint density at radius 1 is 1.29 bits per heavy atom. The van der Waals surface area contributed by atoms with E-state index in [9.17, 15) is 4.79 Å². The van der Waals surface area contributed by atoms with Gasteiger partial charge in [-0.05, 0) is 45.7 Å². The highest BCUT2D eigenvalue weighted by Crippen LogP contribution is 2.24. The zero-order valence-corrected chi connectivity index (χ0v) is 13.4. The lowest BCUT2D eigenvalue weighted by Gasteiger charge is -2.42. The molecule has 3 nitrogen and oxygen atoms in total. The molecule has 2 aliphatic rings. The summed E-state index contributed by atoms with van der Waals surface area (Å²) in [6.07, 6.45) is 2.61. The summed E-state index contributed by atoms with van der Waals surface area (Å²) < 4.78 is 0. The van der Waals surface area contributed by atoms with Gasteiger partial charge in [0.05, 0.1) is 6.54 Å². The van der Waals surface area contributed by atoms with Crippen molar-refractivity contribution >= 4 is 5.78 Å². The maximum absolute atomic E-state index is 12.6. The van der Waals surface area contributed by atoms with E-state index in [1.807, 2.05) is 19.1 Å². The van der Waals surface area contributed by atoms with Gasteiger partial charge in [0.1, 0.15) is 0 Å². The Labute approximate surface area is 127 Å². The van der Waals surface area contributed by atoms with Gasteiger partial charge in [-0.25, -0.2) is 0 Å². The van der Waals surface area contributed by atoms with Crippen LogP contribution >= 0.6 is 0 Å². The molecule has 2 atom stereocenters. The molecule has 0 aromatic heterocycles. The molecule has 3 heteroatoms. The Bertz CT molecular complexity index is 540. The summed E-state index contributed by atoms with van der Waals surface area (Å²) in [6, 6.07) is 7.29. The fraction of sp³-hybridized carbons (Fsp3) is 0.611. The Hall–Kier alpha value is -1.19. The molecule has 2 aliphatic heterocycles. The summed E-state index contributed by atoms with van der Waals surface area (Å²) in [7, 11) is 0. The van der Waals surface area contributed by atoms with Gasteiger partial charge in [0.2, 0.25) is 0 Å². The predicted molar refractivity (Wildman–Crippen MR) is 85.9 cm³/mol. The summed E-state index contributed by atoms with van der Waals surface area (Å²) >= 11 is 0. The van der Waals surface area contributed by atoms with Gasteiger partial charge in [0.15, 0.2) is 5.78 Å². The topological polar surface area (TPSA) is 23.6 Å². The standard InChI is InChI=1S/C18H26N2O/c1-13-6-7-17(14(2)9-13)18(21)12-20-11-16-5-4-8-19(16)10-15(20)3/h6-7,9,15-16H,4-5,8,10-12H2,1-3H3. The van der Waals surface area contributed by atoms with E-state index in [-0.39, 0.29) is 5.78 Å². The van der Waals surface area contributed by atoms with Crippen LogP contribution in [-0.2, 0) is 0 Å². The van der Waals surface area contributed by atoms with Gasteiger partial charge in [-0.1, -0.05) is 23.8 Å². The average molecular weight is 286 g/mol. The van der Waals surface area contributed by atoms with E-state index in [0.29, 0.717) is 18.6 Å². The van der Waals surface area contributed by atoms with E-state index < -0.39 is 0 Å². The van der Waals surface area contributed by atoms with Crippen LogP contribution in [0.15, 0.2) is 18.2 Å². The second kappa shape index (κ2) is 5.90. The number of piperazine rings is 1. The molecule has 2 heterocycles. The number of hydrogen-bond donors (Lipinski definition) is 0. The number of benzene rings is 1. The minimum atomic E-state index is 0.269. The summed E-state index contributed by atoms with van der Waals surface area (Å²) in [5.41, 5.74) is 3.21. The maximum atomic E-state index is 12.6. The molecule has 0 radical (unpaired) electrons. The first-order valence-corrected chi connectivity index (χ1v) is 8.13. The van der Waals surface area contributed by atoms with Crippen LogP contribution in [0.25, 0.3) is 0 Å². The van der Waals surface area contributed by atoms with Crippen molar-refractivity contribution in [1.29, 1.82) is 0 Å². The molecular formula is C18H26N2O. The van der Waals surface area contributed by atoms with Crippen molar-refractivity contribution in [3.8, 4) is 0 Å². The number of hydrogen-bond acceptors (Lipinski definition) is 3. The highest BCUT2D eigenvalue weighted by atomic mass is 16.1. The van der Waals surface area contributed by atoms with Gasteiger partial charge in [0.25, 0.3) is 0 Å². The van der Waals surface area contributed by atoms with Crippen molar-refractivity contribution < 1.29 is 4.79 Å². The third kappa shape index (κ3) is 3.04. The zero-order valence-electron chi connectivity index (χ0n) is 13.4. The van der Waals surface area contributed by atoms with Gasteiger partial charge in [0, 0.05) is 30.7 Å². The van der Waals surface area contributed by atoms with Crippen LogP contribution in [0.2, 0.25) is 0 Å². The third-order valence-electron chi connectivity index (χ3n) is 5.10. The lowest BCUT2D eigenvalue weighted by atomic mass is 10.0. The number of nitrogens with zero attached hydrogens (tertiary/aromatic N) is 2. The van der Waals surface area contributed by atoms with Crippen molar-refractivity contribution in [3.63, 3.8) is 0 Å². The number of Topliss-reactive ketones (excluding diaryl/α,β-unsaturated/α-hetero) is 1. The van der Waals surface area contributed by atoms with Crippen molar-refractivity contribution in [3.05, 3.63) is 34.9 Å². The number of rotatable bonds is 3. The molecule has 1 aromatic carbocycles. The molecule has 0 bridgehead atoms. The molecule has 114 valence electrons. The second-order valence-electron chi connectivity index (χ2n) is 6.81. The van der Waals surface area contributed by atoms with Crippen molar-refractivity contribution in [2.24, 2.45) is 0 Å². The molecule has 0 aliphatic carbocycles. The third-order valence-corrected chi connectivity index (χ3v) is 5.10. The lowest BCUT2D eigenvalue weighted by Crippen LogP contribution is -2.56. The highest BCUT2D eigenvalue weighted by Gasteiger charge is 2.35. The zero-order chi connectivity index (χ0) is 15.0. The Morgan fingerprint density at radius 2 is 2.10 bits per heavy atom.